The van der Waals surface area contributed by atoms with Crippen LogP contribution in [0.2, 0.25) is 0 Å². The lowest BCUT2D eigenvalue weighted by molar-refractivity contribution is -0.120. The zero-order valence-electron chi connectivity index (χ0n) is 12.8. The molecule has 1 heterocycles. The quantitative estimate of drug-likeness (QED) is 0.888. The standard InChI is InChI=1S/C18H22N2O/c1-12-8-11-16-15(10-9-13(2)19-16)17(12)20-18(21)14-6-4-3-5-7-14/h8-11,14H,3-7H2,1-2H3,(H,20,21). The minimum atomic E-state index is 0.172. The van der Waals surface area contributed by atoms with E-state index in [4.69, 9.17) is 0 Å². The molecule has 110 valence electrons. The van der Waals surface area contributed by atoms with Crippen LogP contribution in [0.4, 0.5) is 5.69 Å². The second-order valence-electron chi connectivity index (χ2n) is 6.10. The van der Waals surface area contributed by atoms with Crippen molar-refractivity contribution in [2.45, 2.75) is 46.0 Å². The van der Waals surface area contributed by atoms with Crippen LogP contribution >= 0.6 is 0 Å². The third kappa shape index (κ3) is 2.92. The van der Waals surface area contributed by atoms with Gasteiger partial charge in [-0.15, -0.1) is 0 Å². The molecular formula is C18H22N2O. The number of aromatic nitrogens is 1. The van der Waals surface area contributed by atoms with E-state index in [0.29, 0.717) is 0 Å². The molecule has 21 heavy (non-hydrogen) atoms. The van der Waals surface area contributed by atoms with E-state index < -0.39 is 0 Å². The lowest BCUT2D eigenvalue weighted by atomic mass is 9.88. The molecule has 1 aromatic heterocycles. The van der Waals surface area contributed by atoms with Crippen molar-refractivity contribution in [2.75, 3.05) is 5.32 Å². The molecule has 0 bridgehead atoms. The highest BCUT2D eigenvalue weighted by Gasteiger charge is 2.22. The fourth-order valence-electron chi connectivity index (χ4n) is 3.17. The smallest absolute Gasteiger partial charge is 0.227 e. The van der Waals surface area contributed by atoms with Crippen LogP contribution in [-0.4, -0.2) is 10.9 Å². The molecule has 1 amide bonds. The molecule has 1 N–H and O–H groups in total. The van der Waals surface area contributed by atoms with Crippen molar-refractivity contribution in [3.63, 3.8) is 0 Å². The van der Waals surface area contributed by atoms with Crippen molar-refractivity contribution in [3.05, 3.63) is 35.5 Å². The molecule has 2 aromatic rings. The van der Waals surface area contributed by atoms with E-state index in [-0.39, 0.29) is 11.8 Å². The number of hydrogen-bond acceptors (Lipinski definition) is 2. The van der Waals surface area contributed by atoms with E-state index in [9.17, 15) is 4.79 Å². The minimum Gasteiger partial charge on any atom is -0.325 e. The molecule has 1 saturated carbocycles. The first-order valence-corrected chi connectivity index (χ1v) is 7.83. The summed E-state index contributed by atoms with van der Waals surface area (Å²) in [6.45, 7) is 4.02. The highest BCUT2D eigenvalue weighted by atomic mass is 16.1. The molecular weight excluding hydrogens is 260 g/mol. The number of hydrogen-bond donors (Lipinski definition) is 1. The minimum absolute atomic E-state index is 0.172. The molecule has 1 aliphatic rings. The first kappa shape index (κ1) is 14.1. The Kier molecular flexibility index (Phi) is 3.91. The van der Waals surface area contributed by atoms with Gasteiger partial charge in [-0.25, -0.2) is 0 Å². The van der Waals surface area contributed by atoms with Crippen molar-refractivity contribution >= 4 is 22.5 Å². The maximum Gasteiger partial charge on any atom is 0.227 e. The van der Waals surface area contributed by atoms with E-state index in [1.165, 1.54) is 19.3 Å². The molecule has 0 aliphatic heterocycles. The highest BCUT2D eigenvalue weighted by molar-refractivity contribution is 6.03. The number of aryl methyl sites for hydroxylation is 2. The van der Waals surface area contributed by atoms with Gasteiger partial charge in [-0.2, -0.15) is 0 Å². The molecule has 3 rings (SSSR count). The lowest BCUT2D eigenvalue weighted by Gasteiger charge is -2.22. The Labute approximate surface area is 125 Å². The van der Waals surface area contributed by atoms with Crippen molar-refractivity contribution in [2.24, 2.45) is 5.92 Å². The summed E-state index contributed by atoms with van der Waals surface area (Å²) in [4.78, 5) is 17.0. The van der Waals surface area contributed by atoms with Gasteiger partial charge >= 0.3 is 0 Å². The Morgan fingerprint density at radius 2 is 1.86 bits per heavy atom. The molecule has 3 nitrogen and oxygen atoms in total. The van der Waals surface area contributed by atoms with Gasteiger partial charge in [-0.1, -0.05) is 25.3 Å². The molecule has 0 atom stereocenters. The summed E-state index contributed by atoms with van der Waals surface area (Å²) in [5.74, 6) is 0.345. The van der Waals surface area contributed by atoms with Crippen LogP contribution in [0.1, 0.15) is 43.4 Å². The molecule has 0 unspecified atom stereocenters. The van der Waals surface area contributed by atoms with Crippen LogP contribution in [0.25, 0.3) is 10.9 Å². The number of anilines is 1. The number of fused-ring (bicyclic) bond motifs is 1. The zero-order valence-corrected chi connectivity index (χ0v) is 12.8. The van der Waals surface area contributed by atoms with Crippen LogP contribution in [0, 0.1) is 19.8 Å². The number of rotatable bonds is 2. The SMILES string of the molecule is Cc1ccc2c(NC(=O)C3CCCCC3)c(C)ccc2n1. The Hall–Kier alpha value is -1.90. The van der Waals surface area contributed by atoms with Crippen LogP contribution in [0.5, 0.6) is 0 Å². The maximum absolute atomic E-state index is 12.5. The van der Waals surface area contributed by atoms with Gasteiger partial charge in [0.1, 0.15) is 0 Å². The van der Waals surface area contributed by atoms with E-state index in [1.54, 1.807) is 0 Å². The molecule has 1 aromatic carbocycles. The van der Waals surface area contributed by atoms with Crippen LogP contribution in [0.15, 0.2) is 24.3 Å². The third-order valence-corrected chi connectivity index (χ3v) is 4.44. The monoisotopic (exact) mass is 282 g/mol. The average molecular weight is 282 g/mol. The third-order valence-electron chi connectivity index (χ3n) is 4.44. The summed E-state index contributed by atoms with van der Waals surface area (Å²) in [7, 11) is 0. The first-order chi connectivity index (χ1) is 10.1. The van der Waals surface area contributed by atoms with Crippen molar-refractivity contribution < 1.29 is 4.79 Å². The van der Waals surface area contributed by atoms with Crippen LogP contribution in [-0.2, 0) is 4.79 Å². The van der Waals surface area contributed by atoms with E-state index >= 15 is 0 Å². The second kappa shape index (κ2) is 5.84. The van der Waals surface area contributed by atoms with Gasteiger partial charge in [0, 0.05) is 17.0 Å². The number of carbonyl (C=O) groups excluding carboxylic acids is 1. The molecule has 1 fully saturated rings. The van der Waals surface area contributed by atoms with Gasteiger partial charge in [0.25, 0.3) is 0 Å². The number of nitrogens with one attached hydrogen (secondary N) is 1. The fraction of sp³-hybridized carbons (Fsp3) is 0.444. The molecule has 0 spiro atoms. The van der Waals surface area contributed by atoms with E-state index in [2.05, 4.69) is 16.4 Å². The Morgan fingerprint density at radius 3 is 2.62 bits per heavy atom. The van der Waals surface area contributed by atoms with E-state index in [0.717, 1.165) is 40.7 Å². The summed E-state index contributed by atoms with van der Waals surface area (Å²) >= 11 is 0. The number of pyridine rings is 1. The van der Waals surface area contributed by atoms with Gasteiger partial charge in [-0.05, 0) is 50.5 Å². The molecule has 0 radical (unpaired) electrons. The largest absolute Gasteiger partial charge is 0.325 e. The summed E-state index contributed by atoms with van der Waals surface area (Å²) in [6.07, 6.45) is 5.65. The van der Waals surface area contributed by atoms with Gasteiger partial charge in [0.15, 0.2) is 0 Å². The van der Waals surface area contributed by atoms with Gasteiger partial charge in [0.2, 0.25) is 5.91 Å². The summed E-state index contributed by atoms with van der Waals surface area (Å²) < 4.78 is 0. The van der Waals surface area contributed by atoms with Gasteiger partial charge in [0.05, 0.1) is 11.2 Å². The Bertz CT molecular complexity index is 672. The maximum atomic E-state index is 12.5. The summed E-state index contributed by atoms with van der Waals surface area (Å²) in [5.41, 5.74) is 3.96. The second-order valence-corrected chi connectivity index (χ2v) is 6.10. The zero-order chi connectivity index (χ0) is 14.8. The van der Waals surface area contributed by atoms with Crippen molar-refractivity contribution in [1.29, 1.82) is 0 Å². The molecule has 0 saturated heterocycles. The van der Waals surface area contributed by atoms with Gasteiger partial charge < -0.3 is 5.32 Å². The first-order valence-electron chi connectivity index (χ1n) is 7.83. The van der Waals surface area contributed by atoms with Crippen molar-refractivity contribution in [1.82, 2.24) is 4.98 Å². The summed E-state index contributed by atoms with van der Waals surface area (Å²) in [5, 5.41) is 4.20. The Balaban J connectivity index is 1.92. The average Bonchev–Trinajstić information content (AvgIpc) is 2.51. The van der Waals surface area contributed by atoms with Gasteiger partial charge in [-0.3, -0.25) is 9.78 Å². The fourth-order valence-corrected chi connectivity index (χ4v) is 3.17. The lowest BCUT2D eigenvalue weighted by Crippen LogP contribution is -2.25. The van der Waals surface area contributed by atoms with E-state index in [1.807, 2.05) is 32.0 Å². The number of carbonyl (C=O) groups is 1. The topological polar surface area (TPSA) is 42.0 Å². The predicted octanol–water partition coefficient (Wildman–Crippen LogP) is 4.37. The predicted molar refractivity (Wildman–Crippen MR) is 86.4 cm³/mol. The Morgan fingerprint density at radius 1 is 1.10 bits per heavy atom. The number of nitrogens with zero attached hydrogens (tertiary/aromatic N) is 1. The highest BCUT2D eigenvalue weighted by Crippen LogP contribution is 2.29. The normalized spacial score (nSPS) is 16.1. The molecule has 3 heteroatoms. The number of benzene rings is 1. The number of amides is 1. The van der Waals surface area contributed by atoms with Crippen molar-refractivity contribution in [3.8, 4) is 0 Å². The molecule has 1 aliphatic carbocycles. The van der Waals surface area contributed by atoms with Crippen LogP contribution < -0.4 is 5.32 Å². The van der Waals surface area contributed by atoms with Crippen LogP contribution in [0.3, 0.4) is 0 Å². The summed E-state index contributed by atoms with van der Waals surface area (Å²) in [6, 6.07) is 8.11.